The molecular formula is C24H26N4S. The zero-order valence-corrected chi connectivity index (χ0v) is 17.9. The fourth-order valence-electron chi connectivity index (χ4n) is 4.61. The largest absolute Gasteiger partial charge is 0.355 e. The van der Waals surface area contributed by atoms with Crippen molar-refractivity contribution in [3.63, 3.8) is 0 Å². The van der Waals surface area contributed by atoms with Gasteiger partial charge in [-0.2, -0.15) is 0 Å². The van der Waals surface area contributed by atoms with Crippen molar-refractivity contribution in [3.05, 3.63) is 47.8 Å². The minimum Gasteiger partial charge on any atom is -0.355 e. The molecule has 0 amide bonds. The molecule has 5 rings (SSSR count). The Balaban J connectivity index is 1.77. The standard InChI is InChI=1S/C24H26N4S/c1-3-13-28(14-4-2)23-22-21(25-15-26-23)19-17-11-8-12-18(17)20(27-24(19)29-22)16-9-6-5-7-10-16/h5-7,9-10,15H,3-4,8,11-14H2,1-2H3. The smallest absolute Gasteiger partial charge is 0.150 e. The molecule has 0 spiro atoms. The Morgan fingerprint density at radius 1 is 0.966 bits per heavy atom. The lowest BCUT2D eigenvalue weighted by molar-refractivity contribution is 0.737. The van der Waals surface area contributed by atoms with Crippen molar-refractivity contribution < 1.29 is 0 Å². The summed E-state index contributed by atoms with van der Waals surface area (Å²) in [5.41, 5.74) is 6.35. The third kappa shape index (κ3) is 3.08. The lowest BCUT2D eigenvalue weighted by Crippen LogP contribution is -2.25. The highest BCUT2D eigenvalue weighted by Gasteiger charge is 2.25. The number of hydrogen-bond acceptors (Lipinski definition) is 5. The van der Waals surface area contributed by atoms with Crippen molar-refractivity contribution in [2.75, 3.05) is 18.0 Å². The summed E-state index contributed by atoms with van der Waals surface area (Å²) in [6.45, 7) is 6.50. The zero-order valence-electron chi connectivity index (χ0n) is 17.1. The van der Waals surface area contributed by atoms with Gasteiger partial charge in [0.15, 0.2) is 0 Å². The molecule has 0 atom stereocenters. The van der Waals surface area contributed by atoms with E-state index in [0.29, 0.717) is 0 Å². The van der Waals surface area contributed by atoms with Gasteiger partial charge in [-0.15, -0.1) is 11.3 Å². The molecule has 1 aromatic carbocycles. The van der Waals surface area contributed by atoms with E-state index in [4.69, 9.17) is 15.0 Å². The first-order valence-corrected chi connectivity index (χ1v) is 11.5. The van der Waals surface area contributed by atoms with Crippen LogP contribution in [0.5, 0.6) is 0 Å². The molecule has 3 heterocycles. The molecule has 1 aliphatic carbocycles. The van der Waals surface area contributed by atoms with E-state index >= 15 is 0 Å². The summed E-state index contributed by atoms with van der Waals surface area (Å²) in [5.74, 6) is 1.08. The van der Waals surface area contributed by atoms with Crippen LogP contribution in [-0.2, 0) is 12.8 Å². The van der Waals surface area contributed by atoms with Crippen LogP contribution in [0.25, 0.3) is 31.7 Å². The molecular weight excluding hydrogens is 376 g/mol. The number of anilines is 1. The highest BCUT2D eigenvalue weighted by Crippen LogP contribution is 2.43. The summed E-state index contributed by atoms with van der Waals surface area (Å²) in [6, 6.07) is 10.6. The van der Waals surface area contributed by atoms with Crippen molar-refractivity contribution in [1.82, 2.24) is 15.0 Å². The molecule has 29 heavy (non-hydrogen) atoms. The summed E-state index contributed by atoms with van der Waals surface area (Å²) >= 11 is 1.77. The molecule has 0 saturated carbocycles. The highest BCUT2D eigenvalue weighted by atomic mass is 32.1. The third-order valence-corrected chi connectivity index (χ3v) is 6.86. The molecule has 0 radical (unpaired) electrons. The normalized spacial score (nSPS) is 13.3. The van der Waals surface area contributed by atoms with Gasteiger partial charge in [-0.3, -0.25) is 0 Å². The van der Waals surface area contributed by atoms with Gasteiger partial charge in [-0.1, -0.05) is 44.2 Å². The van der Waals surface area contributed by atoms with Gasteiger partial charge in [-0.25, -0.2) is 15.0 Å². The second-order valence-corrected chi connectivity index (χ2v) is 8.78. The van der Waals surface area contributed by atoms with E-state index in [-0.39, 0.29) is 0 Å². The van der Waals surface area contributed by atoms with Crippen molar-refractivity contribution >= 4 is 37.6 Å². The minimum absolute atomic E-state index is 1.02. The van der Waals surface area contributed by atoms with E-state index in [1.807, 2.05) is 0 Å². The van der Waals surface area contributed by atoms with E-state index in [1.54, 1.807) is 17.7 Å². The Kier molecular flexibility index (Phi) is 4.92. The topological polar surface area (TPSA) is 41.9 Å². The van der Waals surface area contributed by atoms with Gasteiger partial charge >= 0.3 is 0 Å². The predicted octanol–water partition coefficient (Wildman–Crippen LogP) is 6.02. The van der Waals surface area contributed by atoms with Gasteiger partial charge in [0.25, 0.3) is 0 Å². The Morgan fingerprint density at radius 3 is 2.48 bits per heavy atom. The van der Waals surface area contributed by atoms with E-state index in [0.717, 1.165) is 60.6 Å². The first kappa shape index (κ1) is 18.5. The van der Waals surface area contributed by atoms with Crippen LogP contribution in [0.3, 0.4) is 0 Å². The highest BCUT2D eigenvalue weighted by molar-refractivity contribution is 7.26. The van der Waals surface area contributed by atoms with E-state index in [2.05, 4.69) is 49.1 Å². The number of aromatic nitrogens is 3. The molecule has 1 aliphatic rings. The predicted molar refractivity (Wildman–Crippen MR) is 123 cm³/mol. The Morgan fingerprint density at radius 2 is 1.72 bits per heavy atom. The second-order valence-electron chi connectivity index (χ2n) is 7.78. The molecule has 4 aromatic rings. The maximum atomic E-state index is 5.18. The summed E-state index contributed by atoms with van der Waals surface area (Å²) in [6.07, 6.45) is 7.39. The molecule has 3 aromatic heterocycles. The summed E-state index contributed by atoms with van der Waals surface area (Å²) < 4.78 is 1.19. The molecule has 0 aliphatic heterocycles. The molecule has 0 saturated heterocycles. The Labute approximate surface area is 175 Å². The Bertz CT molecular complexity index is 1160. The first-order valence-electron chi connectivity index (χ1n) is 10.7. The van der Waals surface area contributed by atoms with Gasteiger partial charge in [0.05, 0.1) is 15.9 Å². The fourth-order valence-corrected chi connectivity index (χ4v) is 5.79. The second kappa shape index (κ2) is 7.71. The number of rotatable bonds is 6. The maximum absolute atomic E-state index is 5.18. The quantitative estimate of drug-likeness (QED) is 0.395. The number of benzene rings is 1. The van der Waals surface area contributed by atoms with E-state index < -0.39 is 0 Å². The van der Waals surface area contributed by atoms with Crippen LogP contribution in [0.2, 0.25) is 0 Å². The molecule has 0 bridgehead atoms. The maximum Gasteiger partial charge on any atom is 0.150 e. The van der Waals surface area contributed by atoms with Crippen LogP contribution < -0.4 is 4.90 Å². The molecule has 4 nitrogen and oxygen atoms in total. The lowest BCUT2D eigenvalue weighted by atomic mass is 10.0. The minimum atomic E-state index is 1.02. The van der Waals surface area contributed by atoms with Crippen LogP contribution in [0.15, 0.2) is 36.7 Å². The number of aryl methyl sites for hydroxylation is 1. The number of hydrogen-bond donors (Lipinski definition) is 0. The number of fused-ring (bicyclic) bond motifs is 5. The average molecular weight is 403 g/mol. The SMILES string of the molecule is CCCN(CCC)c1ncnc2c1sc1nc(-c3ccccc3)c3c(c12)CCC3. The molecule has 0 fully saturated rings. The van der Waals surface area contributed by atoms with Gasteiger partial charge in [-0.05, 0) is 43.2 Å². The first-order chi connectivity index (χ1) is 14.3. The number of nitrogens with zero attached hydrogens (tertiary/aromatic N) is 4. The van der Waals surface area contributed by atoms with E-state index in [1.165, 1.54) is 33.2 Å². The molecule has 0 N–H and O–H groups in total. The van der Waals surface area contributed by atoms with Gasteiger partial charge in [0.1, 0.15) is 17.0 Å². The van der Waals surface area contributed by atoms with Crippen LogP contribution in [0.4, 0.5) is 5.82 Å². The van der Waals surface area contributed by atoms with Gasteiger partial charge in [0, 0.05) is 24.0 Å². The summed E-state index contributed by atoms with van der Waals surface area (Å²) in [4.78, 5) is 18.2. The van der Waals surface area contributed by atoms with Crippen molar-refractivity contribution in [3.8, 4) is 11.3 Å². The number of thiophene rings is 1. The van der Waals surface area contributed by atoms with Crippen molar-refractivity contribution in [1.29, 1.82) is 0 Å². The van der Waals surface area contributed by atoms with Crippen LogP contribution in [-0.4, -0.2) is 28.0 Å². The monoisotopic (exact) mass is 402 g/mol. The van der Waals surface area contributed by atoms with Crippen LogP contribution in [0.1, 0.15) is 44.2 Å². The van der Waals surface area contributed by atoms with Gasteiger partial charge in [0.2, 0.25) is 0 Å². The van der Waals surface area contributed by atoms with Crippen molar-refractivity contribution in [2.24, 2.45) is 0 Å². The van der Waals surface area contributed by atoms with Crippen LogP contribution >= 0.6 is 11.3 Å². The lowest BCUT2D eigenvalue weighted by Gasteiger charge is -2.22. The molecule has 148 valence electrons. The van der Waals surface area contributed by atoms with E-state index in [9.17, 15) is 0 Å². The van der Waals surface area contributed by atoms with Gasteiger partial charge < -0.3 is 4.90 Å². The third-order valence-electron chi connectivity index (χ3n) is 5.79. The number of pyridine rings is 1. The zero-order chi connectivity index (χ0) is 19.8. The average Bonchev–Trinajstić information content (AvgIpc) is 3.37. The fraction of sp³-hybridized carbons (Fsp3) is 0.375. The molecule has 0 unspecified atom stereocenters. The summed E-state index contributed by atoms with van der Waals surface area (Å²) in [7, 11) is 0. The molecule has 5 heteroatoms. The van der Waals surface area contributed by atoms with Crippen LogP contribution in [0, 0.1) is 0 Å². The Hall–Kier alpha value is -2.53. The van der Waals surface area contributed by atoms with Crippen molar-refractivity contribution in [2.45, 2.75) is 46.0 Å². The summed E-state index contributed by atoms with van der Waals surface area (Å²) in [5, 5.41) is 1.27.